The van der Waals surface area contributed by atoms with Crippen LogP contribution in [0.4, 0.5) is 0 Å². The van der Waals surface area contributed by atoms with Crippen LogP contribution in [-0.2, 0) is 4.79 Å². The molecule has 1 rings (SSSR count). The summed E-state index contributed by atoms with van der Waals surface area (Å²) in [7, 11) is 1.66. The van der Waals surface area contributed by atoms with Gasteiger partial charge in [-0.3, -0.25) is 4.79 Å². The molecule has 0 aromatic heterocycles. The van der Waals surface area contributed by atoms with Gasteiger partial charge >= 0.3 is 0 Å². The van der Waals surface area contributed by atoms with Crippen LogP contribution < -0.4 is 5.32 Å². The van der Waals surface area contributed by atoms with E-state index >= 15 is 0 Å². The molecule has 1 atom stereocenters. The Labute approximate surface area is 125 Å². The van der Waals surface area contributed by atoms with Crippen LogP contribution in [0.3, 0.4) is 0 Å². The standard InChI is InChI=1S/C15H20ClN3O/c1-11(12-5-7-13(16)8-6-12)18-9-14(20)19(4)15(2,3)10-17/h5-8,11,18H,9H2,1-4H3/p+1/t11-/m1/s1. The predicted octanol–water partition coefficient (Wildman–Crippen LogP) is 1.72. The number of hydrogen-bond acceptors (Lipinski definition) is 2. The van der Waals surface area contributed by atoms with E-state index in [1.54, 1.807) is 20.9 Å². The van der Waals surface area contributed by atoms with Gasteiger partial charge in [-0.05, 0) is 32.9 Å². The van der Waals surface area contributed by atoms with Crippen LogP contribution in [0.5, 0.6) is 0 Å². The molecular formula is C15H21ClN3O+. The van der Waals surface area contributed by atoms with E-state index in [2.05, 4.69) is 6.07 Å². The van der Waals surface area contributed by atoms with Crippen LogP contribution in [0.2, 0.25) is 5.02 Å². The van der Waals surface area contributed by atoms with Crippen molar-refractivity contribution in [3.8, 4) is 6.07 Å². The number of amides is 1. The average molecular weight is 295 g/mol. The summed E-state index contributed by atoms with van der Waals surface area (Å²) in [6.45, 7) is 5.80. The molecule has 0 spiro atoms. The Kier molecular flexibility index (Phi) is 5.55. The van der Waals surface area contributed by atoms with Crippen LogP contribution in [0.25, 0.3) is 0 Å². The summed E-state index contributed by atoms with van der Waals surface area (Å²) in [6, 6.07) is 9.88. The fourth-order valence-corrected chi connectivity index (χ4v) is 1.83. The Balaban J connectivity index is 2.57. The Bertz CT molecular complexity index is 505. The highest BCUT2D eigenvalue weighted by Crippen LogP contribution is 2.13. The lowest BCUT2D eigenvalue weighted by Gasteiger charge is -2.28. The number of quaternary nitrogens is 1. The van der Waals surface area contributed by atoms with Crippen LogP contribution in [0, 0.1) is 11.3 Å². The number of hydrogen-bond donors (Lipinski definition) is 1. The van der Waals surface area contributed by atoms with Gasteiger partial charge in [-0.1, -0.05) is 23.7 Å². The molecule has 0 unspecified atom stereocenters. The zero-order valence-electron chi connectivity index (χ0n) is 12.4. The van der Waals surface area contributed by atoms with Crippen molar-refractivity contribution in [2.75, 3.05) is 13.6 Å². The van der Waals surface area contributed by atoms with E-state index in [1.807, 2.05) is 36.5 Å². The molecule has 0 saturated carbocycles. The number of benzene rings is 1. The summed E-state index contributed by atoms with van der Waals surface area (Å²) in [5, 5.41) is 11.7. The first-order chi connectivity index (χ1) is 9.27. The van der Waals surface area contributed by atoms with Crippen LogP contribution in [-0.4, -0.2) is 29.9 Å². The van der Waals surface area contributed by atoms with E-state index in [9.17, 15) is 4.79 Å². The Morgan fingerprint density at radius 2 is 2.00 bits per heavy atom. The molecule has 0 aliphatic heterocycles. The van der Waals surface area contributed by atoms with Crippen molar-refractivity contribution >= 4 is 17.5 Å². The van der Waals surface area contributed by atoms with Gasteiger partial charge in [-0.15, -0.1) is 0 Å². The Morgan fingerprint density at radius 1 is 1.45 bits per heavy atom. The minimum atomic E-state index is -0.783. The van der Waals surface area contributed by atoms with E-state index in [1.165, 1.54) is 4.90 Å². The molecule has 2 N–H and O–H groups in total. The number of nitrogens with zero attached hydrogens (tertiary/aromatic N) is 2. The van der Waals surface area contributed by atoms with Crippen molar-refractivity contribution in [3.05, 3.63) is 34.9 Å². The summed E-state index contributed by atoms with van der Waals surface area (Å²) in [4.78, 5) is 13.5. The van der Waals surface area contributed by atoms with Crippen molar-refractivity contribution < 1.29 is 10.1 Å². The van der Waals surface area contributed by atoms with Crippen LogP contribution in [0.1, 0.15) is 32.4 Å². The van der Waals surface area contributed by atoms with Gasteiger partial charge in [-0.2, -0.15) is 5.26 Å². The maximum Gasteiger partial charge on any atom is 0.278 e. The highest BCUT2D eigenvalue weighted by atomic mass is 35.5. The van der Waals surface area contributed by atoms with Gasteiger partial charge in [-0.25, -0.2) is 0 Å². The fraction of sp³-hybridized carbons (Fsp3) is 0.467. The maximum absolute atomic E-state index is 12.1. The zero-order chi connectivity index (χ0) is 15.3. The number of rotatable bonds is 5. The topological polar surface area (TPSA) is 60.7 Å². The quantitative estimate of drug-likeness (QED) is 0.899. The second kappa shape index (κ2) is 6.74. The maximum atomic E-state index is 12.1. The molecule has 0 aliphatic rings. The average Bonchev–Trinajstić information content (AvgIpc) is 2.44. The van der Waals surface area contributed by atoms with Gasteiger partial charge in [0.15, 0.2) is 6.54 Å². The van der Waals surface area contributed by atoms with Crippen molar-refractivity contribution in [2.45, 2.75) is 32.4 Å². The molecule has 0 saturated heterocycles. The molecule has 0 fully saturated rings. The second-order valence-electron chi connectivity index (χ2n) is 5.40. The van der Waals surface area contributed by atoms with Gasteiger partial charge in [0.2, 0.25) is 0 Å². The molecule has 0 radical (unpaired) electrons. The molecule has 0 bridgehead atoms. The van der Waals surface area contributed by atoms with Gasteiger partial charge in [0.05, 0.1) is 6.07 Å². The van der Waals surface area contributed by atoms with Crippen molar-refractivity contribution in [1.29, 1.82) is 5.26 Å². The van der Waals surface area contributed by atoms with Gasteiger partial charge < -0.3 is 10.2 Å². The molecule has 5 heteroatoms. The van der Waals surface area contributed by atoms with Gasteiger partial charge in [0.25, 0.3) is 5.91 Å². The first-order valence-corrected chi connectivity index (χ1v) is 6.92. The van der Waals surface area contributed by atoms with Gasteiger partial charge in [0, 0.05) is 17.6 Å². The summed E-state index contributed by atoms with van der Waals surface area (Å²) in [6.07, 6.45) is 0. The van der Waals surface area contributed by atoms with E-state index in [-0.39, 0.29) is 11.9 Å². The number of carbonyl (C=O) groups excluding carboxylic acids is 1. The zero-order valence-corrected chi connectivity index (χ0v) is 13.1. The number of nitrogens with two attached hydrogens (primary N) is 1. The molecule has 0 heterocycles. The highest BCUT2D eigenvalue weighted by molar-refractivity contribution is 6.30. The van der Waals surface area contributed by atoms with Crippen molar-refractivity contribution in [2.24, 2.45) is 0 Å². The first-order valence-electron chi connectivity index (χ1n) is 6.54. The number of halogens is 1. The number of nitriles is 1. The molecule has 108 valence electrons. The van der Waals surface area contributed by atoms with E-state index in [0.29, 0.717) is 11.6 Å². The van der Waals surface area contributed by atoms with Gasteiger partial charge in [0.1, 0.15) is 11.6 Å². The smallest absolute Gasteiger partial charge is 0.278 e. The third kappa shape index (κ3) is 4.22. The highest BCUT2D eigenvalue weighted by Gasteiger charge is 2.28. The van der Waals surface area contributed by atoms with Crippen molar-refractivity contribution in [3.63, 3.8) is 0 Å². The van der Waals surface area contributed by atoms with Crippen LogP contribution in [0.15, 0.2) is 24.3 Å². The minimum Gasteiger partial charge on any atom is -0.333 e. The third-order valence-electron chi connectivity index (χ3n) is 3.53. The lowest BCUT2D eigenvalue weighted by molar-refractivity contribution is -0.683. The Hall–Kier alpha value is -1.57. The minimum absolute atomic E-state index is 0.0580. The number of likely N-dealkylation sites (N-methyl/N-ethyl adjacent to an activating group) is 1. The largest absolute Gasteiger partial charge is 0.333 e. The lowest BCUT2D eigenvalue weighted by Crippen LogP contribution is -2.87. The molecule has 4 nitrogen and oxygen atoms in total. The van der Waals surface area contributed by atoms with Crippen LogP contribution >= 0.6 is 11.6 Å². The van der Waals surface area contributed by atoms with E-state index in [4.69, 9.17) is 16.9 Å². The molecule has 1 aromatic rings. The molecule has 1 amide bonds. The van der Waals surface area contributed by atoms with E-state index in [0.717, 1.165) is 5.56 Å². The normalized spacial score (nSPS) is 12.6. The molecule has 20 heavy (non-hydrogen) atoms. The summed E-state index contributed by atoms with van der Waals surface area (Å²) in [5.74, 6) is -0.0580. The second-order valence-corrected chi connectivity index (χ2v) is 5.84. The lowest BCUT2D eigenvalue weighted by atomic mass is 10.1. The number of carbonyl (C=O) groups is 1. The monoisotopic (exact) mass is 294 g/mol. The summed E-state index contributed by atoms with van der Waals surface area (Å²) in [5.41, 5.74) is 0.332. The third-order valence-corrected chi connectivity index (χ3v) is 3.78. The predicted molar refractivity (Wildman–Crippen MR) is 79.1 cm³/mol. The SMILES string of the molecule is C[C@@H]([NH2+]CC(=O)N(C)C(C)(C)C#N)c1ccc(Cl)cc1. The van der Waals surface area contributed by atoms with E-state index < -0.39 is 5.54 Å². The summed E-state index contributed by atoms with van der Waals surface area (Å²) < 4.78 is 0. The summed E-state index contributed by atoms with van der Waals surface area (Å²) >= 11 is 5.85. The molecule has 0 aliphatic carbocycles. The first kappa shape index (κ1) is 16.5. The molecular weight excluding hydrogens is 274 g/mol. The Morgan fingerprint density at radius 3 is 2.50 bits per heavy atom. The fourth-order valence-electron chi connectivity index (χ4n) is 1.70. The van der Waals surface area contributed by atoms with Crippen molar-refractivity contribution in [1.82, 2.24) is 4.90 Å². The molecule has 1 aromatic carbocycles.